The third kappa shape index (κ3) is 3.98. The second-order valence-corrected chi connectivity index (χ2v) is 9.94. The van der Waals surface area contributed by atoms with Gasteiger partial charge in [-0.25, -0.2) is 9.59 Å². The first-order chi connectivity index (χ1) is 17.6. The molecule has 1 aromatic carbocycles. The maximum absolute atomic E-state index is 13.6. The van der Waals surface area contributed by atoms with Gasteiger partial charge in [-0.1, -0.05) is 25.5 Å². The first kappa shape index (κ1) is 24.4. The highest BCUT2D eigenvalue weighted by atomic mass is 16.5. The van der Waals surface area contributed by atoms with Gasteiger partial charge in [0.25, 0.3) is 5.56 Å². The third-order valence-electron chi connectivity index (χ3n) is 6.69. The lowest BCUT2D eigenvalue weighted by Gasteiger charge is -2.11. The Bertz CT molecular complexity index is 1790. The van der Waals surface area contributed by atoms with Crippen LogP contribution in [0.1, 0.15) is 35.3 Å². The van der Waals surface area contributed by atoms with Crippen molar-refractivity contribution >= 4 is 27.9 Å². The van der Waals surface area contributed by atoms with E-state index in [9.17, 15) is 14.4 Å². The van der Waals surface area contributed by atoms with Gasteiger partial charge in [-0.05, 0) is 36.6 Å². The molecular weight excluding hydrogens is 472 g/mol. The summed E-state index contributed by atoms with van der Waals surface area (Å²) in [6.07, 6.45) is 3.60. The number of rotatable bonds is 6. The molecule has 0 bridgehead atoms. The van der Waals surface area contributed by atoms with E-state index in [1.165, 1.54) is 14.2 Å². The quantitative estimate of drug-likeness (QED) is 0.359. The van der Waals surface area contributed by atoms with Crippen LogP contribution in [0.25, 0.3) is 33.3 Å². The number of esters is 1. The molecule has 5 rings (SSSR count). The van der Waals surface area contributed by atoms with Crippen LogP contribution in [-0.2, 0) is 31.9 Å². The van der Waals surface area contributed by atoms with E-state index >= 15 is 0 Å². The van der Waals surface area contributed by atoms with E-state index in [4.69, 9.17) is 9.84 Å². The summed E-state index contributed by atoms with van der Waals surface area (Å²) < 4.78 is 11.1. The largest absolute Gasteiger partial charge is 0.465 e. The van der Waals surface area contributed by atoms with Crippen molar-refractivity contribution in [3.05, 3.63) is 74.2 Å². The molecular formula is C27H30N6O4. The highest BCUT2D eigenvalue weighted by Gasteiger charge is 2.26. The Labute approximate surface area is 212 Å². The predicted octanol–water partition coefficient (Wildman–Crippen LogP) is 3.18. The van der Waals surface area contributed by atoms with E-state index in [-0.39, 0.29) is 5.92 Å². The van der Waals surface area contributed by atoms with Crippen LogP contribution in [0.2, 0.25) is 0 Å². The molecule has 5 aromatic rings. The Morgan fingerprint density at radius 2 is 1.92 bits per heavy atom. The monoisotopic (exact) mass is 502 g/mol. The van der Waals surface area contributed by atoms with Crippen molar-refractivity contribution in [2.45, 2.75) is 33.9 Å². The van der Waals surface area contributed by atoms with Gasteiger partial charge < -0.3 is 14.3 Å². The lowest BCUT2D eigenvalue weighted by molar-refractivity contribution is 0.0600. The number of ether oxygens (including phenoxy) is 1. The van der Waals surface area contributed by atoms with Gasteiger partial charge >= 0.3 is 11.7 Å². The van der Waals surface area contributed by atoms with Gasteiger partial charge in [0.1, 0.15) is 11.1 Å². The number of carbonyl (C=O) groups excluding carboxylic acids is 1. The summed E-state index contributed by atoms with van der Waals surface area (Å²) in [5, 5.41) is 6.23. The number of fused-ring (bicyclic) bond motifs is 2. The smallest absolute Gasteiger partial charge is 0.339 e. The Hall–Kier alpha value is -4.34. The zero-order chi connectivity index (χ0) is 26.6. The molecule has 4 heterocycles. The minimum absolute atomic E-state index is 0.157. The number of nitrogens with zero attached hydrogens (tertiary/aromatic N) is 5. The van der Waals surface area contributed by atoms with E-state index in [1.54, 1.807) is 33.1 Å². The normalized spacial score (nSPS) is 11.8. The first-order valence-corrected chi connectivity index (χ1v) is 12.1. The van der Waals surface area contributed by atoms with Crippen LogP contribution >= 0.6 is 0 Å². The Kier molecular flexibility index (Phi) is 5.89. The van der Waals surface area contributed by atoms with Crippen molar-refractivity contribution in [1.82, 2.24) is 28.5 Å². The Balaban J connectivity index is 1.84. The fourth-order valence-electron chi connectivity index (χ4n) is 4.88. The van der Waals surface area contributed by atoms with Crippen molar-refractivity contribution in [3.8, 4) is 11.4 Å². The summed E-state index contributed by atoms with van der Waals surface area (Å²) in [6, 6.07) is 7.87. The molecule has 0 aliphatic heterocycles. The topological polar surface area (TPSA) is 109 Å². The number of hydrogen-bond acceptors (Lipinski definition) is 5. The number of methoxy groups -OCH3 is 1. The molecule has 0 saturated carbocycles. The maximum atomic E-state index is 13.6. The Morgan fingerprint density at radius 1 is 1.16 bits per heavy atom. The van der Waals surface area contributed by atoms with Gasteiger partial charge in [-0.2, -0.15) is 5.10 Å². The van der Waals surface area contributed by atoms with Crippen molar-refractivity contribution in [1.29, 1.82) is 0 Å². The van der Waals surface area contributed by atoms with Crippen molar-refractivity contribution in [2.24, 2.45) is 20.0 Å². The van der Waals surface area contributed by atoms with Gasteiger partial charge in [-0.3, -0.25) is 18.6 Å². The zero-order valence-electron chi connectivity index (χ0n) is 21.8. The molecule has 0 radical (unpaired) electrons. The van der Waals surface area contributed by atoms with Crippen LogP contribution in [0.4, 0.5) is 0 Å². The van der Waals surface area contributed by atoms with Crippen LogP contribution in [0.5, 0.6) is 0 Å². The van der Waals surface area contributed by atoms with Gasteiger partial charge in [0.05, 0.1) is 24.9 Å². The molecule has 0 fully saturated rings. The average Bonchev–Trinajstić information content (AvgIpc) is 3.55. The molecule has 0 unspecified atom stereocenters. The van der Waals surface area contributed by atoms with E-state index in [0.29, 0.717) is 41.1 Å². The van der Waals surface area contributed by atoms with Crippen molar-refractivity contribution in [3.63, 3.8) is 0 Å². The number of aryl methyl sites for hydroxylation is 2. The summed E-state index contributed by atoms with van der Waals surface area (Å²) in [6.45, 7) is 6.82. The van der Waals surface area contributed by atoms with Crippen LogP contribution < -0.4 is 11.2 Å². The van der Waals surface area contributed by atoms with Gasteiger partial charge in [-0.15, -0.1) is 0 Å². The minimum atomic E-state index is -0.478. The summed E-state index contributed by atoms with van der Waals surface area (Å²) in [5.41, 5.74) is 4.11. The molecule has 0 spiro atoms. The number of benzene rings is 1. The molecule has 10 heteroatoms. The van der Waals surface area contributed by atoms with E-state index in [0.717, 1.165) is 26.6 Å². The van der Waals surface area contributed by atoms with E-state index < -0.39 is 17.2 Å². The summed E-state index contributed by atoms with van der Waals surface area (Å²) in [4.78, 5) is 42.3. The Morgan fingerprint density at radius 3 is 2.62 bits per heavy atom. The van der Waals surface area contributed by atoms with Crippen molar-refractivity contribution < 1.29 is 9.53 Å². The second kappa shape index (κ2) is 8.95. The molecule has 0 atom stereocenters. The standard InChI is InChI=1S/C27H30N6O4/c1-15(2)12-32-24-22(25(34)31(5)27(32)36)23(21-10-17(13-30(21)4)26(35)37-6)33(29-24)14-18-11-28-20-8-7-16(3)9-19(18)20/h7-11,13,15,28H,12,14H2,1-6H3. The number of hydrogen-bond donors (Lipinski definition) is 1. The number of nitrogens with one attached hydrogen (secondary N) is 1. The van der Waals surface area contributed by atoms with Gasteiger partial charge in [0, 0.05) is 43.9 Å². The SMILES string of the molecule is COC(=O)c1cc(-c2c3c(=O)n(C)c(=O)n(CC(C)C)c3nn2Cc2c[nH]c3ccc(C)cc23)n(C)c1. The summed E-state index contributed by atoms with van der Waals surface area (Å²) >= 11 is 0. The number of aromatic nitrogens is 6. The van der Waals surface area contributed by atoms with E-state index in [2.05, 4.69) is 11.1 Å². The highest BCUT2D eigenvalue weighted by molar-refractivity contribution is 5.95. The minimum Gasteiger partial charge on any atom is -0.465 e. The maximum Gasteiger partial charge on any atom is 0.339 e. The van der Waals surface area contributed by atoms with E-state index in [1.807, 2.05) is 39.1 Å². The molecule has 0 aliphatic carbocycles. The zero-order valence-corrected chi connectivity index (χ0v) is 21.8. The van der Waals surface area contributed by atoms with Gasteiger partial charge in [0.2, 0.25) is 0 Å². The number of aromatic amines is 1. The molecule has 0 amide bonds. The molecule has 10 nitrogen and oxygen atoms in total. The molecule has 4 aromatic heterocycles. The van der Waals surface area contributed by atoms with Crippen LogP contribution in [0, 0.1) is 12.8 Å². The molecule has 1 N–H and O–H groups in total. The van der Waals surface area contributed by atoms with Crippen LogP contribution in [0.3, 0.4) is 0 Å². The lowest BCUT2D eigenvalue weighted by Crippen LogP contribution is -2.38. The van der Waals surface area contributed by atoms with Gasteiger partial charge in [0.15, 0.2) is 5.65 Å². The molecule has 0 aliphatic rings. The number of carbonyl (C=O) groups is 1. The van der Waals surface area contributed by atoms with Crippen molar-refractivity contribution in [2.75, 3.05) is 7.11 Å². The van der Waals surface area contributed by atoms with Crippen LogP contribution in [0.15, 0.2) is 46.2 Å². The second-order valence-electron chi connectivity index (χ2n) is 9.94. The lowest BCUT2D eigenvalue weighted by atomic mass is 10.1. The van der Waals surface area contributed by atoms with Crippen LogP contribution in [-0.4, -0.2) is 41.5 Å². The molecule has 0 saturated heterocycles. The summed E-state index contributed by atoms with van der Waals surface area (Å²) in [7, 11) is 4.61. The third-order valence-corrected chi connectivity index (χ3v) is 6.69. The molecule has 37 heavy (non-hydrogen) atoms. The average molecular weight is 503 g/mol. The number of H-pyrrole nitrogens is 1. The predicted molar refractivity (Wildman–Crippen MR) is 142 cm³/mol. The highest BCUT2D eigenvalue weighted by Crippen LogP contribution is 2.30. The fourth-order valence-corrected chi connectivity index (χ4v) is 4.88. The molecule has 192 valence electrons. The first-order valence-electron chi connectivity index (χ1n) is 12.1. The summed E-state index contributed by atoms with van der Waals surface area (Å²) in [5.74, 6) is -0.321. The fraction of sp³-hybridized carbons (Fsp3) is 0.333.